The lowest BCUT2D eigenvalue weighted by Gasteiger charge is -2.29. The minimum atomic E-state index is -1.46. The lowest BCUT2D eigenvalue weighted by atomic mass is 10.1. The van der Waals surface area contributed by atoms with Crippen molar-refractivity contribution in [3.63, 3.8) is 0 Å². The zero-order valence-corrected chi connectivity index (χ0v) is 11.8. The van der Waals surface area contributed by atoms with Gasteiger partial charge in [-0.2, -0.15) is 0 Å². The molecule has 0 bridgehead atoms. The summed E-state index contributed by atoms with van der Waals surface area (Å²) in [4.78, 5) is 11.1. The van der Waals surface area contributed by atoms with Gasteiger partial charge in [0, 0.05) is 0 Å². The molecule has 0 aromatic heterocycles. The molecule has 0 radical (unpaired) electrons. The first-order valence-electron chi connectivity index (χ1n) is 5.16. The van der Waals surface area contributed by atoms with Gasteiger partial charge in [0.2, 0.25) is 0 Å². The van der Waals surface area contributed by atoms with E-state index >= 15 is 0 Å². The Hall–Kier alpha value is -1.05. The van der Waals surface area contributed by atoms with Crippen LogP contribution in [0.15, 0.2) is 18.2 Å². The summed E-state index contributed by atoms with van der Waals surface area (Å²) in [7, 11) is -1.46. The molecular formula is C11H17NO4S2. The van der Waals surface area contributed by atoms with Gasteiger partial charge in [-0.1, -0.05) is 6.07 Å². The van der Waals surface area contributed by atoms with Crippen LogP contribution >= 0.6 is 20.9 Å². The molecule has 0 aliphatic rings. The number of nitrogens with one attached hydrogen (secondary N) is 1. The highest BCUT2D eigenvalue weighted by Crippen LogP contribution is 2.40. The molecule has 0 saturated heterocycles. The van der Waals surface area contributed by atoms with Gasteiger partial charge in [-0.15, -0.1) is 20.9 Å². The number of carboxylic acids is 1. The van der Waals surface area contributed by atoms with Crippen molar-refractivity contribution in [2.24, 2.45) is 0 Å². The maximum absolute atomic E-state index is 11.1. The number of phenolic OH excluding ortho intramolecular Hbond substituents is 2. The molecule has 0 amide bonds. The third-order valence-corrected chi connectivity index (χ3v) is 3.39. The molecule has 1 atom stereocenters. The molecule has 1 aromatic rings. The van der Waals surface area contributed by atoms with Crippen molar-refractivity contribution in [3.8, 4) is 11.5 Å². The second kappa shape index (κ2) is 5.73. The van der Waals surface area contributed by atoms with Gasteiger partial charge in [0.15, 0.2) is 11.5 Å². The van der Waals surface area contributed by atoms with Gasteiger partial charge in [0.05, 0.1) is 0 Å². The SMILES string of the molecule is CS(C)(S)NC(Cc1ccc(O)c(O)c1)C(=O)O. The average Bonchev–Trinajstić information content (AvgIpc) is 2.20. The number of rotatable bonds is 5. The van der Waals surface area contributed by atoms with E-state index in [2.05, 4.69) is 16.4 Å². The summed E-state index contributed by atoms with van der Waals surface area (Å²) in [6.07, 6.45) is 3.88. The van der Waals surface area contributed by atoms with Crippen LogP contribution in [0.4, 0.5) is 0 Å². The fourth-order valence-corrected chi connectivity index (χ4v) is 2.72. The molecule has 0 fully saturated rings. The number of aromatic hydroxyl groups is 2. The third-order valence-electron chi connectivity index (χ3n) is 2.21. The van der Waals surface area contributed by atoms with Crippen molar-refractivity contribution in [3.05, 3.63) is 23.8 Å². The number of carbonyl (C=O) groups is 1. The van der Waals surface area contributed by atoms with Crippen LogP contribution in [0.5, 0.6) is 11.5 Å². The Morgan fingerprint density at radius 2 is 2.00 bits per heavy atom. The van der Waals surface area contributed by atoms with Gasteiger partial charge < -0.3 is 15.3 Å². The molecule has 1 unspecified atom stereocenters. The van der Waals surface area contributed by atoms with Crippen LogP contribution in [0, 0.1) is 0 Å². The molecule has 0 heterocycles. The lowest BCUT2D eigenvalue weighted by molar-refractivity contribution is -0.138. The molecule has 0 aliphatic carbocycles. The number of thiol groups is 1. The quantitative estimate of drug-likeness (QED) is 0.322. The topological polar surface area (TPSA) is 89.8 Å². The highest BCUT2D eigenvalue weighted by atomic mass is 33.1. The fourth-order valence-electron chi connectivity index (χ4n) is 1.46. The summed E-state index contributed by atoms with van der Waals surface area (Å²) < 4.78 is 2.94. The molecule has 1 rings (SSSR count). The first-order chi connectivity index (χ1) is 8.19. The molecule has 0 saturated carbocycles. The van der Waals surface area contributed by atoms with Crippen molar-refractivity contribution in [1.82, 2.24) is 4.72 Å². The Labute approximate surface area is 112 Å². The van der Waals surface area contributed by atoms with Crippen LogP contribution in [-0.4, -0.2) is 39.8 Å². The van der Waals surface area contributed by atoms with E-state index in [1.165, 1.54) is 12.1 Å². The molecule has 4 N–H and O–H groups in total. The van der Waals surface area contributed by atoms with E-state index in [0.29, 0.717) is 5.56 Å². The van der Waals surface area contributed by atoms with Crippen LogP contribution in [0.2, 0.25) is 0 Å². The number of hydrogen-bond acceptors (Lipinski definition) is 5. The van der Waals surface area contributed by atoms with Gasteiger partial charge in [-0.3, -0.25) is 9.52 Å². The summed E-state index contributed by atoms with van der Waals surface area (Å²) >= 11 is 4.31. The number of hydrogen-bond donors (Lipinski definition) is 5. The zero-order chi connectivity index (χ0) is 13.9. The largest absolute Gasteiger partial charge is 0.504 e. The van der Waals surface area contributed by atoms with Gasteiger partial charge >= 0.3 is 5.97 Å². The molecule has 5 nitrogen and oxygen atoms in total. The smallest absolute Gasteiger partial charge is 0.321 e. The highest BCUT2D eigenvalue weighted by Gasteiger charge is 2.22. The molecule has 0 aliphatic heterocycles. The average molecular weight is 291 g/mol. The minimum absolute atomic E-state index is 0.208. The second-order valence-electron chi connectivity index (χ2n) is 4.31. The first-order valence-corrected chi connectivity index (χ1v) is 8.66. The van der Waals surface area contributed by atoms with Crippen molar-refractivity contribution in [1.29, 1.82) is 0 Å². The minimum Gasteiger partial charge on any atom is -0.504 e. The van der Waals surface area contributed by atoms with Gasteiger partial charge in [-0.05, 0) is 36.6 Å². The van der Waals surface area contributed by atoms with E-state index in [4.69, 9.17) is 5.11 Å². The Bertz CT molecular complexity index is 445. The van der Waals surface area contributed by atoms with Gasteiger partial charge in [0.1, 0.15) is 6.04 Å². The standard InChI is InChI=1S/C11H17NO4S2/c1-18(2,17)12-8(11(15)16)5-7-3-4-9(13)10(14)6-7/h3-4,6,8,12-14,17H,5H2,1-2H3,(H,15,16). The summed E-state index contributed by atoms with van der Waals surface area (Å²) in [6, 6.07) is 3.49. The van der Waals surface area contributed by atoms with E-state index in [9.17, 15) is 15.0 Å². The van der Waals surface area contributed by atoms with Crippen molar-refractivity contribution in [2.75, 3.05) is 12.5 Å². The predicted octanol–water partition coefficient (Wildman–Crippen LogP) is 1.51. The van der Waals surface area contributed by atoms with E-state index in [1.807, 2.05) is 12.5 Å². The predicted molar refractivity (Wildman–Crippen MR) is 76.5 cm³/mol. The third kappa shape index (κ3) is 4.67. The molecular weight excluding hydrogens is 274 g/mol. The lowest BCUT2D eigenvalue weighted by Crippen LogP contribution is -2.38. The van der Waals surface area contributed by atoms with Gasteiger partial charge in [-0.25, -0.2) is 0 Å². The van der Waals surface area contributed by atoms with Gasteiger partial charge in [0.25, 0.3) is 0 Å². The van der Waals surface area contributed by atoms with Crippen LogP contribution in [0.25, 0.3) is 0 Å². The summed E-state index contributed by atoms with van der Waals surface area (Å²) in [5.41, 5.74) is 0.627. The summed E-state index contributed by atoms with van der Waals surface area (Å²) in [5, 5.41) is 27.7. The van der Waals surface area contributed by atoms with Crippen molar-refractivity contribution >= 4 is 26.9 Å². The summed E-state index contributed by atoms with van der Waals surface area (Å²) in [6.45, 7) is 0. The monoisotopic (exact) mass is 291 g/mol. The molecule has 7 heteroatoms. The first kappa shape index (κ1) is 15.0. The van der Waals surface area contributed by atoms with E-state index in [1.54, 1.807) is 6.07 Å². The Morgan fingerprint density at radius 1 is 1.39 bits per heavy atom. The second-order valence-corrected chi connectivity index (χ2v) is 9.83. The Kier molecular flexibility index (Phi) is 4.78. The van der Waals surface area contributed by atoms with E-state index in [-0.39, 0.29) is 17.9 Å². The fraction of sp³-hybridized carbons (Fsp3) is 0.364. The summed E-state index contributed by atoms with van der Waals surface area (Å²) in [5.74, 6) is -1.45. The Balaban J connectivity index is 2.83. The molecule has 18 heavy (non-hydrogen) atoms. The van der Waals surface area contributed by atoms with Crippen LogP contribution in [0.1, 0.15) is 5.56 Å². The van der Waals surface area contributed by atoms with E-state index in [0.717, 1.165) is 0 Å². The van der Waals surface area contributed by atoms with E-state index < -0.39 is 21.3 Å². The molecule has 1 aromatic carbocycles. The number of phenols is 2. The zero-order valence-electron chi connectivity index (χ0n) is 10.1. The normalized spacial score (nSPS) is 14.2. The maximum Gasteiger partial charge on any atom is 0.321 e. The number of aliphatic carboxylic acids is 1. The highest BCUT2D eigenvalue weighted by molar-refractivity contribution is 8.86. The van der Waals surface area contributed by atoms with Crippen molar-refractivity contribution in [2.45, 2.75) is 12.5 Å². The van der Waals surface area contributed by atoms with Crippen LogP contribution in [0.3, 0.4) is 0 Å². The Morgan fingerprint density at radius 3 is 2.44 bits per heavy atom. The van der Waals surface area contributed by atoms with Crippen molar-refractivity contribution < 1.29 is 20.1 Å². The maximum atomic E-state index is 11.1. The van der Waals surface area contributed by atoms with Crippen LogP contribution < -0.4 is 4.72 Å². The number of carboxylic acid groups (broad SMARTS) is 1. The molecule has 102 valence electrons. The van der Waals surface area contributed by atoms with Crippen LogP contribution in [-0.2, 0) is 11.2 Å². The number of benzene rings is 1. The molecule has 0 spiro atoms.